The van der Waals surface area contributed by atoms with Gasteiger partial charge in [0.2, 0.25) is 0 Å². The van der Waals surface area contributed by atoms with Crippen LogP contribution in [0.1, 0.15) is 10.4 Å². The van der Waals surface area contributed by atoms with Crippen LogP contribution in [0.3, 0.4) is 0 Å². The number of amides is 1. The lowest BCUT2D eigenvalue weighted by Crippen LogP contribution is -2.13. The molecule has 0 saturated heterocycles. The number of aromatic nitrogens is 2. The molecule has 0 unspecified atom stereocenters. The molecule has 0 fully saturated rings. The van der Waals surface area contributed by atoms with Crippen LogP contribution in [0.5, 0.6) is 0 Å². The van der Waals surface area contributed by atoms with Crippen molar-refractivity contribution in [2.45, 2.75) is 0 Å². The Balaban J connectivity index is 2.21. The number of aromatic amines is 1. The lowest BCUT2D eigenvalue weighted by molar-refractivity contribution is 0.102. The van der Waals surface area contributed by atoms with E-state index in [0.29, 0.717) is 16.3 Å². The van der Waals surface area contributed by atoms with Gasteiger partial charge < -0.3 is 11.1 Å². The summed E-state index contributed by atoms with van der Waals surface area (Å²) in [5, 5.41) is 9.26. The Labute approximate surface area is 96.6 Å². The number of hydrogen-bond acceptors (Lipinski definition) is 3. The van der Waals surface area contributed by atoms with Gasteiger partial charge in [0.1, 0.15) is 11.4 Å². The first-order valence-electron chi connectivity index (χ1n) is 4.53. The molecule has 2 aromatic rings. The SMILES string of the molecule is Nc1[nH]ncc1C(=O)Nc1ccccc1Cl. The van der Waals surface area contributed by atoms with E-state index in [0.717, 1.165) is 0 Å². The van der Waals surface area contributed by atoms with Crippen molar-refractivity contribution < 1.29 is 4.79 Å². The standard InChI is InChI=1S/C10H9ClN4O/c11-7-3-1-2-4-8(7)14-10(16)6-5-13-15-9(6)12/h1-5H,(H,14,16)(H3,12,13,15). The van der Waals surface area contributed by atoms with Crippen molar-refractivity contribution in [1.82, 2.24) is 10.2 Å². The number of hydrogen-bond donors (Lipinski definition) is 3. The van der Waals surface area contributed by atoms with E-state index < -0.39 is 0 Å². The smallest absolute Gasteiger partial charge is 0.261 e. The van der Waals surface area contributed by atoms with E-state index in [2.05, 4.69) is 15.5 Å². The van der Waals surface area contributed by atoms with Crippen LogP contribution in [0.4, 0.5) is 11.5 Å². The van der Waals surface area contributed by atoms with E-state index in [1.807, 2.05) is 0 Å². The fourth-order valence-corrected chi connectivity index (χ4v) is 1.41. The fraction of sp³-hybridized carbons (Fsp3) is 0. The summed E-state index contributed by atoms with van der Waals surface area (Å²) in [5.74, 6) is -0.121. The summed E-state index contributed by atoms with van der Waals surface area (Å²) in [7, 11) is 0. The quantitative estimate of drug-likeness (QED) is 0.745. The molecule has 1 aromatic heterocycles. The number of nitrogens with zero attached hydrogens (tertiary/aromatic N) is 1. The Hall–Kier alpha value is -2.01. The molecule has 82 valence electrons. The van der Waals surface area contributed by atoms with Crippen molar-refractivity contribution in [3.05, 3.63) is 41.0 Å². The van der Waals surface area contributed by atoms with Gasteiger partial charge in [-0.25, -0.2) is 0 Å². The summed E-state index contributed by atoms with van der Waals surface area (Å²) in [4.78, 5) is 11.7. The van der Waals surface area contributed by atoms with E-state index in [9.17, 15) is 4.79 Å². The summed E-state index contributed by atoms with van der Waals surface area (Å²) in [5.41, 5.74) is 6.35. The molecule has 1 heterocycles. The predicted molar refractivity (Wildman–Crippen MR) is 62.4 cm³/mol. The number of anilines is 2. The van der Waals surface area contributed by atoms with E-state index in [4.69, 9.17) is 17.3 Å². The maximum atomic E-state index is 11.7. The molecule has 0 spiro atoms. The van der Waals surface area contributed by atoms with E-state index in [1.54, 1.807) is 24.3 Å². The summed E-state index contributed by atoms with van der Waals surface area (Å²) < 4.78 is 0. The molecule has 0 saturated carbocycles. The topological polar surface area (TPSA) is 83.8 Å². The van der Waals surface area contributed by atoms with Gasteiger partial charge in [-0.05, 0) is 12.1 Å². The van der Waals surface area contributed by atoms with Crippen LogP contribution in [0.25, 0.3) is 0 Å². The highest BCUT2D eigenvalue weighted by atomic mass is 35.5. The third kappa shape index (κ3) is 1.99. The molecule has 4 N–H and O–H groups in total. The van der Waals surface area contributed by atoms with Crippen molar-refractivity contribution in [1.29, 1.82) is 0 Å². The zero-order chi connectivity index (χ0) is 11.5. The molecule has 2 rings (SSSR count). The van der Waals surface area contributed by atoms with Crippen LogP contribution in [0, 0.1) is 0 Å². The molecule has 16 heavy (non-hydrogen) atoms. The Morgan fingerprint density at radius 3 is 2.81 bits per heavy atom. The highest BCUT2D eigenvalue weighted by Gasteiger charge is 2.12. The van der Waals surface area contributed by atoms with Crippen LogP contribution in [-0.4, -0.2) is 16.1 Å². The number of H-pyrrole nitrogens is 1. The average molecular weight is 237 g/mol. The second-order valence-electron chi connectivity index (χ2n) is 3.13. The van der Waals surface area contributed by atoms with Gasteiger partial charge in [-0.1, -0.05) is 23.7 Å². The average Bonchev–Trinajstić information content (AvgIpc) is 2.68. The monoisotopic (exact) mass is 236 g/mol. The van der Waals surface area contributed by atoms with Crippen LogP contribution in [0.15, 0.2) is 30.5 Å². The Morgan fingerprint density at radius 1 is 1.44 bits per heavy atom. The van der Waals surface area contributed by atoms with Crippen molar-refractivity contribution >= 4 is 29.0 Å². The number of benzene rings is 1. The third-order valence-electron chi connectivity index (χ3n) is 2.04. The normalized spacial score (nSPS) is 10.1. The van der Waals surface area contributed by atoms with Gasteiger partial charge >= 0.3 is 0 Å². The molecule has 1 aromatic carbocycles. The van der Waals surface area contributed by atoms with Gasteiger partial charge in [0.25, 0.3) is 5.91 Å². The first-order chi connectivity index (χ1) is 7.68. The van der Waals surface area contributed by atoms with Gasteiger partial charge in [-0.2, -0.15) is 5.10 Å². The number of nitrogens with one attached hydrogen (secondary N) is 2. The Kier molecular flexibility index (Phi) is 2.78. The van der Waals surface area contributed by atoms with Gasteiger partial charge in [-0.15, -0.1) is 0 Å². The van der Waals surface area contributed by atoms with E-state index in [1.165, 1.54) is 6.20 Å². The van der Waals surface area contributed by atoms with Crippen molar-refractivity contribution in [2.75, 3.05) is 11.1 Å². The lowest BCUT2D eigenvalue weighted by Gasteiger charge is -2.05. The Morgan fingerprint density at radius 2 is 2.19 bits per heavy atom. The molecule has 0 aliphatic heterocycles. The highest BCUT2D eigenvalue weighted by molar-refractivity contribution is 6.33. The number of rotatable bonds is 2. The van der Waals surface area contributed by atoms with Gasteiger partial charge in [0.05, 0.1) is 16.9 Å². The maximum Gasteiger partial charge on any atom is 0.261 e. The van der Waals surface area contributed by atoms with Crippen LogP contribution in [-0.2, 0) is 0 Å². The van der Waals surface area contributed by atoms with Crippen molar-refractivity contribution in [3.8, 4) is 0 Å². The molecule has 0 aliphatic rings. The third-order valence-corrected chi connectivity index (χ3v) is 2.37. The van der Waals surface area contributed by atoms with Gasteiger partial charge in [-0.3, -0.25) is 9.89 Å². The van der Waals surface area contributed by atoms with E-state index in [-0.39, 0.29) is 11.7 Å². The zero-order valence-electron chi connectivity index (χ0n) is 8.20. The fourth-order valence-electron chi connectivity index (χ4n) is 1.23. The molecule has 1 amide bonds. The molecule has 0 atom stereocenters. The van der Waals surface area contributed by atoms with Crippen LogP contribution >= 0.6 is 11.6 Å². The largest absolute Gasteiger partial charge is 0.383 e. The maximum absolute atomic E-state index is 11.7. The van der Waals surface area contributed by atoms with Crippen LogP contribution < -0.4 is 11.1 Å². The predicted octanol–water partition coefficient (Wildman–Crippen LogP) is 1.90. The Bertz CT molecular complexity index is 523. The molecular weight excluding hydrogens is 228 g/mol. The lowest BCUT2D eigenvalue weighted by atomic mass is 10.2. The number of nitrogen functional groups attached to an aromatic ring is 1. The number of halogens is 1. The number of carbonyl (C=O) groups is 1. The van der Waals surface area contributed by atoms with Gasteiger partial charge in [0.15, 0.2) is 0 Å². The summed E-state index contributed by atoms with van der Waals surface area (Å²) in [6.45, 7) is 0. The second-order valence-corrected chi connectivity index (χ2v) is 3.54. The van der Waals surface area contributed by atoms with Crippen molar-refractivity contribution in [2.24, 2.45) is 0 Å². The number of nitrogens with two attached hydrogens (primary N) is 1. The van der Waals surface area contributed by atoms with E-state index >= 15 is 0 Å². The molecule has 0 bridgehead atoms. The number of carbonyl (C=O) groups excluding carboxylic acids is 1. The molecule has 0 radical (unpaired) electrons. The first kappa shape index (κ1) is 10.5. The first-order valence-corrected chi connectivity index (χ1v) is 4.91. The second kappa shape index (κ2) is 4.24. The minimum absolute atomic E-state index is 0.226. The summed E-state index contributed by atoms with van der Waals surface area (Å²) >= 11 is 5.90. The zero-order valence-corrected chi connectivity index (χ0v) is 8.95. The molecule has 6 heteroatoms. The summed E-state index contributed by atoms with van der Waals surface area (Å²) in [6.07, 6.45) is 1.36. The minimum atomic E-state index is -0.348. The molecule has 0 aliphatic carbocycles. The molecular formula is C10H9ClN4O. The number of para-hydroxylation sites is 1. The summed E-state index contributed by atoms with van der Waals surface area (Å²) in [6, 6.07) is 6.96. The van der Waals surface area contributed by atoms with Gasteiger partial charge in [0, 0.05) is 0 Å². The highest BCUT2D eigenvalue weighted by Crippen LogP contribution is 2.21. The van der Waals surface area contributed by atoms with Crippen LogP contribution in [0.2, 0.25) is 5.02 Å². The minimum Gasteiger partial charge on any atom is -0.383 e. The van der Waals surface area contributed by atoms with Crippen molar-refractivity contribution in [3.63, 3.8) is 0 Å². The molecule has 5 nitrogen and oxygen atoms in total.